The van der Waals surface area contributed by atoms with Gasteiger partial charge in [-0.15, -0.1) is 0 Å². The van der Waals surface area contributed by atoms with Crippen LogP contribution >= 0.6 is 0 Å². The van der Waals surface area contributed by atoms with Crippen molar-refractivity contribution in [1.29, 1.82) is 0 Å². The minimum atomic E-state index is -0.839. The summed E-state index contributed by atoms with van der Waals surface area (Å²) in [6, 6.07) is -0.839. The highest BCUT2D eigenvalue weighted by atomic mass is 16.5. The monoisotopic (exact) mass is 463 g/mol. The molecule has 0 bridgehead atoms. The van der Waals surface area contributed by atoms with Gasteiger partial charge in [-0.1, -0.05) is 33.1 Å². The standard InChI is InChI=1S/C25H41N3O5/c1-16(33-12-17-8-6-5-7-9-17)20(23(31)32-4)27-21(29)19-11-26-13-25(19)14-28(15-25)22(30)18-10-24(18,2)3/h16-20,26H,5-15H2,1-4H3,(H,27,29)/t16-,18-,19+,20+/m1/s1. The van der Waals surface area contributed by atoms with Crippen LogP contribution in [0.4, 0.5) is 0 Å². The second kappa shape index (κ2) is 9.53. The zero-order valence-corrected chi connectivity index (χ0v) is 20.7. The van der Waals surface area contributed by atoms with Crippen molar-refractivity contribution in [2.75, 3.05) is 39.9 Å². The lowest BCUT2D eigenvalue weighted by atomic mass is 9.70. The number of nitrogens with zero attached hydrogens (tertiary/aromatic N) is 1. The fraction of sp³-hybridized carbons (Fsp3) is 0.880. The fourth-order valence-electron chi connectivity index (χ4n) is 5.97. The predicted molar refractivity (Wildman–Crippen MR) is 123 cm³/mol. The van der Waals surface area contributed by atoms with Gasteiger partial charge in [-0.2, -0.15) is 0 Å². The Morgan fingerprint density at radius 3 is 2.39 bits per heavy atom. The molecule has 2 amide bonds. The predicted octanol–water partition coefficient (Wildman–Crippen LogP) is 1.72. The van der Waals surface area contributed by atoms with Gasteiger partial charge in [0.25, 0.3) is 0 Å². The molecule has 4 fully saturated rings. The van der Waals surface area contributed by atoms with Gasteiger partial charge in [-0.3, -0.25) is 9.59 Å². The Labute approximate surface area is 197 Å². The van der Waals surface area contributed by atoms with Crippen molar-refractivity contribution in [1.82, 2.24) is 15.5 Å². The van der Waals surface area contributed by atoms with Gasteiger partial charge in [0.15, 0.2) is 6.04 Å². The van der Waals surface area contributed by atoms with Crippen molar-refractivity contribution >= 4 is 17.8 Å². The molecule has 4 atom stereocenters. The molecule has 1 spiro atoms. The number of esters is 1. The minimum Gasteiger partial charge on any atom is -0.467 e. The number of likely N-dealkylation sites (tertiary alicyclic amines) is 1. The van der Waals surface area contributed by atoms with E-state index in [-0.39, 0.29) is 34.5 Å². The molecule has 4 rings (SSSR count). The smallest absolute Gasteiger partial charge is 0.331 e. The molecule has 2 heterocycles. The van der Waals surface area contributed by atoms with E-state index in [1.165, 1.54) is 26.4 Å². The fourth-order valence-corrected chi connectivity index (χ4v) is 5.97. The second-order valence-electron chi connectivity index (χ2n) is 11.5. The quantitative estimate of drug-likeness (QED) is 0.532. The highest BCUT2D eigenvalue weighted by molar-refractivity contribution is 5.88. The maximum absolute atomic E-state index is 13.3. The van der Waals surface area contributed by atoms with Gasteiger partial charge in [0, 0.05) is 44.1 Å². The van der Waals surface area contributed by atoms with E-state index in [2.05, 4.69) is 24.5 Å². The van der Waals surface area contributed by atoms with Gasteiger partial charge in [0.2, 0.25) is 11.8 Å². The zero-order valence-electron chi connectivity index (χ0n) is 20.7. The Morgan fingerprint density at radius 2 is 1.79 bits per heavy atom. The molecule has 4 aliphatic rings. The Hall–Kier alpha value is -1.67. The third-order valence-corrected chi connectivity index (χ3v) is 8.56. The van der Waals surface area contributed by atoms with Crippen LogP contribution in [0.3, 0.4) is 0 Å². The van der Waals surface area contributed by atoms with Crippen LogP contribution in [0.2, 0.25) is 0 Å². The van der Waals surface area contributed by atoms with Gasteiger partial charge in [-0.25, -0.2) is 4.79 Å². The van der Waals surface area contributed by atoms with E-state index in [9.17, 15) is 14.4 Å². The summed E-state index contributed by atoms with van der Waals surface area (Å²) in [5.74, 6) is -0.0848. The lowest BCUT2D eigenvalue weighted by molar-refractivity contribution is -0.154. The number of hydrogen-bond acceptors (Lipinski definition) is 6. The van der Waals surface area contributed by atoms with E-state index in [0.717, 1.165) is 19.3 Å². The normalized spacial score (nSPS) is 29.8. The summed E-state index contributed by atoms with van der Waals surface area (Å²) in [5, 5.41) is 6.27. The molecule has 186 valence electrons. The number of nitrogens with one attached hydrogen (secondary N) is 2. The van der Waals surface area contributed by atoms with Crippen LogP contribution in [-0.4, -0.2) is 74.7 Å². The molecule has 33 heavy (non-hydrogen) atoms. The summed E-state index contributed by atoms with van der Waals surface area (Å²) in [7, 11) is 1.34. The molecule has 8 heteroatoms. The first-order valence-corrected chi connectivity index (χ1v) is 12.7. The van der Waals surface area contributed by atoms with Crippen LogP contribution in [0.1, 0.15) is 59.3 Å². The maximum Gasteiger partial charge on any atom is 0.331 e. The Kier molecular flexibility index (Phi) is 7.06. The molecule has 8 nitrogen and oxygen atoms in total. The average molecular weight is 464 g/mol. The summed E-state index contributed by atoms with van der Waals surface area (Å²) in [6.45, 7) is 9.14. The molecule has 0 aromatic carbocycles. The van der Waals surface area contributed by atoms with Crippen molar-refractivity contribution in [3.8, 4) is 0 Å². The van der Waals surface area contributed by atoms with Crippen LogP contribution in [-0.2, 0) is 23.9 Å². The van der Waals surface area contributed by atoms with Crippen LogP contribution in [0.15, 0.2) is 0 Å². The summed E-state index contributed by atoms with van der Waals surface area (Å²) in [5.41, 5.74) is -0.155. The molecule has 2 aliphatic carbocycles. The van der Waals surface area contributed by atoms with Gasteiger partial charge in [0.05, 0.1) is 19.1 Å². The van der Waals surface area contributed by atoms with Crippen molar-refractivity contribution in [2.45, 2.75) is 71.4 Å². The van der Waals surface area contributed by atoms with Crippen LogP contribution in [0.25, 0.3) is 0 Å². The third-order valence-electron chi connectivity index (χ3n) is 8.56. The molecule has 0 aromatic rings. The lowest BCUT2D eigenvalue weighted by Crippen LogP contribution is -2.65. The highest BCUT2D eigenvalue weighted by Crippen LogP contribution is 2.54. The van der Waals surface area contributed by atoms with E-state index < -0.39 is 18.1 Å². The molecule has 2 saturated carbocycles. The van der Waals surface area contributed by atoms with E-state index in [0.29, 0.717) is 38.7 Å². The number of carbonyl (C=O) groups excluding carboxylic acids is 3. The van der Waals surface area contributed by atoms with Gasteiger partial charge in [-0.05, 0) is 37.5 Å². The topological polar surface area (TPSA) is 97.0 Å². The number of methoxy groups -OCH3 is 1. The zero-order chi connectivity index (χ0) is 23.8. The summed E-state index contributed by atoms with van der Waals surface area (Å²) in [4.78, 5) is 40.4. The summed E-state index contributed by atoms with van der Waals surface area (Å²) in [6.07, 6.45) is 6.53. The SMILES string of the molecule is COC(=O)[C@@H](NC(=O)[C@@H]1CNCC12CN(C(=O)[C@H]1CC1(C)C)C2)[C@@H](C)OCC1CCCCC1. The molecule has 0 aromatic heterocycles. The summed E-state index contributed by atoms with van der Waals surface area (Å²) < 4.78 is 11.0. The van der Waals surface area contributed by atoms with Crippen LogP contribution in [0.5, 0.6) is 0 Å². The third kappa shape index (κ3) is 5.06. The number of amides is 2. The average Bonchev–Trinajstić information content (AvgIpc) is 3.20. The molecule has 2 N–H and O–H groups in total. The van der Waals surface area contributed by atoms with E-state index in [4.69, 9.17) is 9.47 Å². The molecular weight excluding hydrogens is 422 g/mol. The molecule has 2 saturated heterocycles. The first-order valence-electron chi connectivity index (χ1n) is 12.7. The largest absolute Gasteiger partial charge is 0.467 e. The Balaban J connectivity index is 1.33. The summed E-state index contributed by atoms with van der Waals surface area (Å²) >= 11 is 0. The first kappa shape index (κ1) is 24.5. The van der Waals surface area contributed by atoms with Gasteiger partial charge < -0.3 is 25.0 Å². The second-order valence-corrected chi connectivity index (χ2v) is 11.5. The highest BCUT2D eigenvalue weighted by Gasteiger charge is 2.60. The number of carbonyl (C=O) groups is 3. The van der Waals surface area contributed by atoms with Crippen molar-refractivity contribution in [2.24, 2.45) is 28.6 Å². The molecule has 2 aliphatic heterocycles. The van der Waals surface area contributed by atoms with Crippen LogP contribution < -0.4 is 10.6 Å². The first-order chi connectivity index (χ1) is 15.7. The molecule has 0 unspecified atom stereocenters. The van der Waals surface area contributed by atoms with Gasteiger partial charge in [0.1, 0.15) is 0 Å². The van der Waals surface area contributed by atoms with E-state index in [1.807, 2.05) is 11.8 Å². The Morgan fingerprint density at radius 1 is 1.12 bits per heavy atom. The molecular formula is C25H41N3O5. The van der Waals surface area contributed by atoms with Crippen molar-refractivity contribution in [3.05, 3.63) is 0 Å². The van der Waals surface area contributed by atoms with E-state index in [1.54, 1.807) is 0 Å². The van der Waals surface area contributed by atoms with Gasteiger partial charge >= 0.3 is 5.97 Å². The number of ether oxygens (including phenoxy) is 2. The lowest BCUT2D eigenvalue weighted by Gasteiger charge is -2.50. The van der Waals surface area contributed by atoms with Crippen molar-refractivity contribution in [3.63, 3.8) is 0 Å². The Bertz CT molecular complexity index is 757. The maximum atomic E-state index is 13.3. The minimum absolute atomic E-state index is 0.103. The van der Waals surface area contributed by atoms with Crippen molar-refractivity contribution < 1.29 is 23.9 Å². The van der Waals surface area contributed by atoms with Crippen LogP contribution in [0, 0.1) is 28.6 Å². The van der Waals surface area contributed by atoms with E-state index >= 15 is 0 Å². The number of rotatable bonds is 8. The number of hydrogen-bond donors (Lipinski definition) is 2. The molecule has 0 radical (unpaired) electrons.